The number of methoxy groups -OCH3 is 4. The van der Waals surface area contributed by atoms with Crippen molar-refractivity contribution in [3.8, 4) is 23.1 Å². The van der Waals surface area contributed by atoms with Gasteiger partial charge in [0.05, 0.1) is 33.3 Å². The fraction of sp³-hybridized carbons (Fsp3) is 0.200. The second-order valence-corrected chi connectivity index (χ2v) is 9.63. The number of aromatic nitrogens is 4. The molecule has 0 bridgehead atoms. The lowest BCUT2D eigenvalue weighted by Crippen LogP contribution is -2.15. The van der Waals surface area contributed by atoms with E-state index >= 15 is 0 Å². The van der Waals surface area contributed by atoms with Crippen molar-refractivity contribution in [2.24, 2.45) is 0 Å². The Kier molecular flexibility index (Phi) is 9.70. The van der Waals surface area contributed by atoms with E-state index in [4.69, 9.17) is 36.1 Å². The predicted molar refractivity (Wildman–Crippen MR) is 150 cm³/mol. The van der Waals surface area contributed by atoms with Gasteiger partial charge in [-0.1, -0.05) is 6.07 Å². The molecule has 0 saturated carbocycles. The van der Waals surface area contributed by atoms with E-state index in [1.807, 2.05) is 18.2 Å². The Hall–Kier alpha value is -5.05. The fourth-order valence-electron chi connectivity index (χ4n) is 3.37. The minimum atomic E-state index is -3.82. The van der Waals surface area contributed by atoms with E-state index in [1.165, 1.54) is 44.8 Å². The van der Waals surface area contributed by atoms with E-state index in [9.17, 15) is 8.42 Å². The Bertz CT molecular complexity index is 1550. The molecule has 2 heterocycles. The van der Waals surface area contributed by atoms with Gasteiger partial charge in [-0.25, -0.2) is 18.4 Å². The van der Waals surface area contributed by atoms with E-state index in [0.717, 1.165) is 11.1 Å². The van der Waals surface area contributed by atoms with Crippen molar-refractivity contribution in [2.75, 3.05) is 50.4 Å². The number of nitrogens with zero attached hydrogens (tertiary/aromatic N) is 4. The standard InChI is InChI=1S/C13H16N4O2.C12H14N4O4S/c1-18-10-4-3-8(6-11(10)19-2)5-9-7-16-13(15)17-12(9)14;1-19-10-11(14-7-15-12(10)20-2)16-21(17,18)9-5-3-8(13)4-6-9/h3-4,6-7H,5H2,1-2H3,(H4,14,15,16,17);3-7H,13H2,1-2H3,(H,14,15,16). The minimum absolute atomic E-state index is 0.0128. The lowest BCUT2D eigenvalue weighted by atomic mass is 10.1. The maximum absolute atomic E-state index is 12.3. The summed E-state index contributed by atoms with van der Waals surface area (Å²) in [7, 11) is 2.14. The molecule has 0 aliphatic carbocycles. The summed E-state index contributed by atoms with van der Waals surface area (Å²) in [5.74, 6) is 2.14. The molecule has 0 aliphatic heterocycles. The number of nitrogens with one attached hydrogen (secondary N) is 1. The number of sulfonamides is 1. The third-order valence-corrected chi connectivity index (χ3v) is 6.70. The van der Waals surface area contributed by atoms with Gasteiger partial charge in [0.1, 0.15) is 12.1 Å². The summed E-state index contributed by atoms with van der Waals surface area (Å²) in [4.78, 5) is 15.6. The van der Waals surface area contributed by atoms with Crippen LogP contribution in [0.3, 0.4) is 0 Å². The average molecular weight is 571 g/mol. The molecule has 0 aliphatic rings. The summed E-state index contributed by atoms with van der Waals surface area (Å²) in [6.07, 6.45) is 3.41. The molecule has 7 N–H and O–H groups in total. The van der Waals surface area contributed by atoms with Crippen LogP contribution < -0.4 is 40.9 Å². The highest BCUT2D eigenvalue weighted by molar-refractivity contribution is 7.92. The lowest BCUT2D eigenvalue weighted by Gasteiger charge is -2.12. The summed E-state index contributed by atoms with van der Waals surface area (Å²) >= 11 is 0. The SMILES string of the molecule is COc1ccc(Cc2cnc(N)nc2N)cc1OC.COc1ncnc(NS(=O)(=O)c2ccc(N)cc2)c1OC. The number of benzene rings is 2. The zero-order valence-corrected chi connectivity index (χ0v) is 23.1. The highest BCUT2D eigenvalue weighted by Gasteiger charge is 2.20. The molecule has 14 nitrogen and oxygen atoms in total. The van der Waals surface area contributed by atoms with Crippen molar-refractivity contribution in [3.05, 3.63) is 66.1 Å². The Balaban J connectivity index is 0.000000222. The van der Waals surface area contributed by atoms with E-state index in [2.05, 4.69) is 24.7 Å². The van der Waals surface area contributed by atoms with Crippen LogP contribution in [0.2, 0.25) is 0 Å². The van der Waals surface area contributed by atoms with Crippen LogP contribution in [0, 0.1) is 0 Å². The Morgan fingerprint density at radius 2 is 1.52 bits per heavy atom. The van der Waals surface area contributed by atoms with Crippen LogP contribution in [0.5, 0.6) is 23.1 Å². The van der Waals surface area contributed by atoms with Gasteiger partial charge in [0.15, 0.2) is 17.3 Å². The average Bonchev–Trinajstić information content (AvgIpc) is 2.94. The lowest BCUT2D eigenvalue weighted by molar-refractivity contribution is 0.342. The number of nitrogen functional groups attached to an aromatic ring is 3. The van der Waals surface area contributed by atoms with Gasteiger partial charge in [-0.15, -0.1) is 0 Å². The molecule has 15 heteroatoms. The second-order valence-electron chi connectivity index (χ2n) is 7.94. The third kappa shape index (κ3) is 7.28. The summed E-state index contributed by atoms with van der Waals surface area (Å²) < 4.78 is 47.4. The van der Waals surface area contributed by atoms with E-state index in [-0.39, 0.29) is 28.3 Å². The van der Waals surface area contributed by atoms with Gasteiger partial charge >= 0.3 is 0 Å². The monoisotopic (exact) mass is 570 g/mol. The fourth-order valence-corrected chi connectivity index (χ4v) is 4.39. The summed E-state index contributed by atoms with van der Waals surface area (Å²) in [6.45, 7) is 0. The first kappa shape index (κ1) is 29.5. The molecule has 2 aromatic carbocycles. The largest absolute Gasteiger partial charge is 0.493 e. The van der Waals surface area contributed by atoms with Crippen LogP contribution in [0.15, 0.2) is 59.9 Å². The van der Waals surface area contributed by atoms with Crippen LogP contribution in [-0.2, 0) is 16.4 Å². The number of hydrogen-bond donors (Lipinski definition) is 4. The van der Waals surface area contributed by atoms with Crippen LogP contribution in [0.25, 0.3) is 0 Å². The number of hydrogen-bond acceptors (Lipinski definition) is 13. The van der Waals surface area contributed by atoms with Gasteiger partial charge in [-0.05, 0) is 42.0 Å². The van der Waals surface area contributed by atoms with Crippen LogP contribution in [0.4, 0.5) is 23.3 Å². The molecular weight excluding hydrogens is 540 g/mol. The highest BCUT2D eigenvalue weighted by Crippen LogP contribution is 2.32. The van der Waals surface area contributed by atoms with Gasteiger partial charge in [-0.3, -0.25) is 4.72 Å². The Morgan fingerprint density at radius 3 is 2.12 bits per heavy atom. The molecule has 0 spiro atoms. The van der Waals surface area contributed by atoms with Crippen molar-refractivity contribution in [1.82, 2.24) is 19.9 Å². The first-order valence-corrected chi connectivity index (χ1v) is 13.0. The summed E-state index contributed by atoms with van der Waals surface area (Å²) in [6, 6.07) is 11.5. The van der Waals surface area contributed by atoms with Crippen molar-refractivity contribution in [1.29, 1.82) is 0 Å². The summed E-state index contributed by atoms with van der Waals surface area (Å²) in [5.41, 5.74) is 19.1. The van der Waals surface area contributed by atoms with Crippen molar-refractivity contribution >= 4 is 33.3 Å². The molecule has 40 heavy (non-hydrogen) atoms. The highest BCUT2D eigenvalue weighted by atomic mass is 32.2. The van der Waals surface area contributed by atoms with Crippen molar-refractivity contribution in [2.45, 2.75) is 11.3 Å². The second kappa shape index (κ2) is 13.1. The van der Waals surface area contributed by atoms with E-state index in [0.29, 0.717) is 29.4 Å². The molecule has 0 saturated heterocycles. The Morgan fingerprint density at radius 1 is 0.825 bits per heavy atom. The van der Waals surface area contributed by atoms with Gasteiger partial charge in [0.2, 0.25) is 11.7 Å². The van der Waals surface area contributed by atoms with Gasteiger partial charge in [0, 0.05) is 23.9 Å². The molecule has 0 unspecified atom stereocenters. The third-order valence-electron chi connectivity index (χ3n) is 5.35. The molecule has 4 rings (SSSR count). The molecule has 0 amide bonds. The Labute approximate surface area is 231 Å². The van der Waals surface area contributed by atoms with Crippen molar-refractivity contribution in [3.63, 3.8) is 0 Å². The summed E-state index contributed by atoms with van der Waals surface area (Å²) in [5, 5.41) is 0. The first-order chi connectivity index (χ1) is 19.1. The zero-order chi connectivity index (χ0) is 29.3. The van der Waals surface area contributed by atoms with Crippen LogP contribution >= 0.6 is 0 Å². The van der Waals surface area contributed by atoms with E-state index < -0.39 is 10.0 Å². The van der Waals surface area contributed by atoms with Gasteiger partial charge in [-0.2, -0.15) is 9.97 Å². The van der Waals surface area contributed by atoms with E-state index in [1.54, 1.807) is 20.4 Å². The van der Waals surface area contributed by atoms with Crippen LogP contribution in [-0.4, -0.2) is 56.8 Å². The molecule has 0 fully saturated rings. The number of rotatable bonds is 9. The molecular formula is C25H30N8O6S. The molecule has 2 aromatic heterocycles. The molecule has 212 valence electrons. The maximum atomic E-state index is 12.3. The van der Waals surface area contributed by atoms with Crippen molar-refractivity contribution < 1.29 is 27.4 Å². The molecule has 0 radical (unpaired) electrons. The quantitative estimate of drug-likeness (QED) is 0.213. The zero-order valence-electron chi connectivity index (χ0n) is 22.3. The number of nitrogens with two attached hydrogens (primary N) is 3. The van der Waals surface area contributed by atoms with Gasteiger partial charge in [0.25, 0.3) is 15.9 Å². The topological polar surface area (TPSA) is 213 Å². The number of anilines is 4. The number of ether oxygens (including phenoxy) is 4. The minimum Gasteiger partial charge on any atom is -0.493 e. The van der Waals surface area contributed by atoms with Crippen LogP contribution in [0.1, 0.15) is 11.1 Å². The first-order valence-electron chi connectivity index (χ1n) is 11.5. The van der Waals surface area contributed by atoms with Gasteiger partial charge < -0.3 is 36.1 Å². The predicted octanol–water partition coefficient (Wildman–Crippen LogP) is 2.13. The maximum Gasteiger partial charge on any atom is 0.263 e. The molecule has 0 atom stereocenters. The smallest absolute Gasteiger partial charge is 0.263 e. The normalized spacial score (nSPS) is 10.6. The molecule has 4 aromatic rings.